The van der Waals surface area contributed by atoms with Gasteiger partial charge in [0.05, 0.1) is 5.56 Å². The number of carboxylic acids is 1. The van der Waals surface area contributed by atoms with Gasteiger partial charge in [0, 0.05) is 15.5 Å². The topological polar surface area (TPSA) is 66.4 Å². The van der Waals surface area contributed by atoms with Crippen molar-refractivity contribution in [3.8, 4) is 0 Å². The number of fused-ring (bicyclic) bond motifs is 1. The van der Waals surface area contributed by atoms with Gasteiger partial charge in [-0.3, -0.25) is 4.79 Å². The number of nitrogens with one attached hydrogen (secondary N) is 1. The van der Waals surface area contributed by atoms with Crippen LogP contribution in [0.1, 0.15) is 49.1 Å². The predicted octanol–water partition coefficient (Wildman–Crippen LogP) is 5.62. The van der Waals surface area contributed by atoms with E-state index in [9.17, 15) is 14.7 Å². The largest absolute Gasteiger partial charge is 0.478 e. The predicted molar refractivity (Wildman–Crippen MR) is 112 cm³/mol. The van der Waals surface area contributed by atoms with Crippen LogP contribution in [0.4, 0.5) is 5.00 Å². The fourth-order valence-electron chi connectivity index (χ4n) is 3.69. The fourth-order valence-corrected chi connectivity index (χ4v) is 5.13. The quantitative estimate of drug-likeness (QED) is 0.585. The Morgan fingerprint density at radius 1 is 1.07 bits per heavy atom. The molecule has 1 unspecified atom stereocenters. The number of aromatic carboxylic acids is 1. The monoisotopic (exact) mass is 411 g/mol. The number of anilines is 1. The number of carboxylic acid groups (broad SMARTS) is 1. The Labute approximate surface area is 171 Å². The van der Waals surface area contributed by atoms with Crippen molar-refractivity contribution in [2.45, 2.75) is 25.2 Å². The van der Waals surface area contributed by atoms with E-state index < -0.39 is 5.97 Å². The molecule has 1 amide bonds. The Morgan fingerprint density at radius 3 is 2.46 bits per heavy atom. The molecule has 1 aliphatic carbocycles. The minimum Gasteiger partial charge on any atom is -0.478 e. The first kappa shape index (κ1) is 18.7. The van der Waals surface area contributed by atoms with E-state index in [4.69, 9.17) is 11.6 Å². The number of rotatable bonds is 4. The fraction of sp³-hybridized carbons (Fsp3) is 0.182. The maximum atomic E-state index is 12.6. The molecule has 1 aliphatic rings. The summed E-state index contributed by atoms with van der Waals surface area (Å²) in [6.45, 7) is 0. The van der Waals surface area contributed by atoms with Crippen molar-refractivity contribution in [2.24, 2.45) is 0 Å². The molecular weight excluding hydrogens is 394 g/mol. The Hall–Kier alpha value is -2.63. The SMILES string of the molecule is O=C(Nc1sc2c(c1C(=O)O)CCC(c1ccccc1)C2)c1ccc(Cl)cc1. The van der Waals surface area contributed by atoms with Gasteiger partial charge in [-0.05, 0) is 60.6 Å². The minimum atomic E-state index is -0.998. The lowest BCUT2D eigenvalue weighted by molar-refractivity contribution is 0.0697. The molecule has 0 saturated heterocycles. The van der Waals surface area contributed by atoms with Gasteiger partial charge in [-0.25, -0.2) is 4.79 Å². The molecule has 1 atom stereocenters. The molecule has 142 valence electrons. The zero-order chi connectivity index (χ0) is 19.7. The maximum absolute atomic E-state index is 12.6. The molecule has 0 radical (unpaired) electrons. The highest BCUT2D eigenvalue weighted by Crippen LogP contribution is 2.42. The molecule has 0 aliphatic heterocycles. The van der Waals surface area contributed by atoms with E-state index in [-0.39, 0.29) is 11.5 Å². The van der Waals surface area contributed by atoms with Crippen molar-refractivity contribution in [3.63, 3.8) is 0 Å². The van der Waals surface area contributed by atoms with Gasteiger partial charge in [0.2, 0.25) is 0 Å². The van der Waals surface area contributed by atoms with Crippen LogP contribution in [0.15, 0.2) is 54.6 Å². The second-order valence-electron chi connectivity index (χ2n) is 6.82. The normalized spacial score (nSPS) is 15.7. The summed E-state index contributed by atoms with van der Waals surface area (Å²) in [7, 11) is 0. The minimum absolute atomic E-state index is 0.230. The molecule has 0 spiro atoms. The van der Waals surface area contributed by atoms with E-state index in [0.29, 0.717) is 27.9 Å². The molecule has 1 heterocycles. The third kappa shape index (κ3) is 3.68. The number of thiophene rings is 1. The van der Waals surface area contributed by atoms with E-state index >= 15 is 0 Å². The number of hydrogen-bond acceptors (Lipinski definition) is 3. The molecule has 1 aromatic heterocycles. The number of carbonyl (C=O) groups is 2. The lowest BCUT2D eigenvalue weighted by atomic mass is 9.83. The number of amides is 1. The molecule has 0 saturated carbocycles. The third-order valence-electron chi connectivity index (χ3n) is 5.08. The highest BCUT2D eigenvalue weighted by Gasteiger charge is 2.30. The average molecular weight is 412 g/mol. The first-order valence-corrected chi connectivity index (χ1v) is 10.2. The summed E-state index contributed by atoms with van der Waals surface area (Å²) in [4.78, 5) is 25.5. The molecule has 0 bridgehead atoms. The highest BCUT2D eigenvalue weighted by molar-refractivity contribution is 7.17. The first-order chi connectivity index (χ1) is 13.5. The number of halogens is 1. The van der Waals surface area contributed by atoms with E-state index in [2.05, 4.69) is 17.4 Å². The second-order valence-corrected chi connectivity index (χ2v) is 8.37. The van der Waals surface area contributed by atoms with Crippen molar-refractivity contribution in [2.75, 3.05) is 5.32 Å². The standard InChI is InChI=1S/C22H18ClNO3S/c23-16-9-6-14(7-10-16)20(25)24-21-19(22(26)27)17-11-8-15(12-18(17)28-21)13-4-2-1-3-5-13/h1-7,9-10,15H,8,11-12H2,(H,24,25)(H,26,27). The molecule has 4 rings (SSSR count). The molecule has 2 N–H and O–H groups in total. The van der Waals surface area contributed by atoms with Gasteiger partial charge in [-0.2, -0.15) is 0 Å². The van der Waals surface area contributed by atoms with Crippen molar-refractivity contribution in [1.29, 1.82) is 0 Å². The average Bonchev–Trinajstić information content (AvgIpc) is 3.06. The van der Waals surface area contributed by atoms with Gasteiger partial charge >= 0.3 is 5.97 Å². The summed E-state index contributed by atoms with van der Waals surface area (Å²) >= 11 is 7.24. The summed E-state index contributed by atoms with van der Waals surface area (Å²) in [6, 6.07) is 16.8. The van der Waals surface area contributed by atoms with Crippen LogP contribution in [0, 0.1) is 0 Å². The van der Waals surface area contributed by atoms with Gasteiger partial charge in [0.25, 0.3) is 5.91 Å². The van der Waals surface area contributed by atoms with Crippen molar-refractivity contribution in [3.05, 3.63) is 86.8 Å². The van der Waals surface area contributed by atoms with Gasteiger partial charge in [-0.15, -0.1) is 11.3 Å². The molecule has 3 aromatic rings. The Morgan fingerprint density at radius 2 is 1.79 bits per heavy atom. The first-order valence-electron chi connectivity index (χ1n) is 9.02. The Bertz CT molecular complexity index is 1030. The van der Waals surface area contributed by atoms with E-state index in [0.717, 1.165) is 23.3 Å². The molecule has 2 aromatic carbocycles. The summed E-state index contributed by atoms with van der Waals surface area (Å²) in [5.74, 6) is -0.965. The smallest absolute Gasteiger partial charge is 0.339 e. The molecule has 0 fully saturated rings. The van der Waals surface area contributed by atoms with Crippen molar-refractivity contribution < 1.29 is 14.7 Å². The van der Waals surface area contributed by atoms with Crippen LogP contribution in [0.25, 0.3) is 0 Å². The van der Waals surface area contributed by atoms with Gasteiger partial charge in [0.1, 0.15) is 5.00 Å². The lowest BCUT2D eigenvalue weighted by Crippen LogP contribution is -2.15. The Balaban J connectivity index is 1.62. The van der Waals surface area contributed by atoms with Crippen LogP contribution in [0.5, 0.6) is 0 Å². The second kappa shape index (κ2) is 7.78. The zero-order valence-corrected chi connectivity index (χ0v) is 16.5. The molecular formula is C22H18ClNO3S. The molecule has 6 heteroatoms. The highest BCUT2D eigenvalue weighted by atomic mass is 35.5. The van der Waals surface area contributed by atoms with E-state index in [1.807, 2.05) is 18.2 Å². The van der Waals surface area contributed by atoms with Crippen LogP contribution < -0.4 is 5.32 Å². The number of carbonyl (C=O) groups excluding carboxylic acids is 1. The number of hydrogen-bond donors (Lipinski definition) is 2. The summed E-state index contributed by atoms with van der Waals surface area (Å²) in [6.07, 6.45) is 2.39. The van der Waals surface area contributed by atoms with Gasteiger partial charge in [-0.1, -0.05) is 41.9 Å². The lowest BCUT2D eigenvalue weighted by Gasteiger charge is -2.22. The number of benzene rings is 2. The van der Waals surface area contributed by atoms with Crippen LogP contribution >= 0.6 is 22.9 Å². The summed E-state index contributed by atoms with van der Waals surface area (Å²) in [5, 5.41) is 13.5. The van der Waals surface area contributed by atoms with Crippen molar-refractivity contribution in [1.82, 2.24) is 0 Å². The van der Waals surface area contributed by atoms with E-state index in [1.165, 1.54) is 16.9 Å². The van der Waals surface area contributed by atoms with Gasteiger partial charge < -0.3 is 10.4 Å². The van der Waals surface area contributed by atoms with Crippen molar-refractivity contribution >= 4 is 39.8 Å². The van der Waals surface area contributed by atoms with Crippen LogP contribution in [-0.4, -0.2) is 17.0 Å². The summed E-state index contributed by atoms with van der Waals surface area (Å²) in [5.41, 5.74) is 2.80. The Kier molecular flexibility index (Phi) is 5.20. The van der Waals surface area contributed by atoms with Crippen LogP contribution in [0.2, 0.25) is 5.02 Å². The zero-order valence-electron chi connectivity index (χ0n) is 14.9. The third-order valence-corrected chi connectivity index (χ3v) is 6.51. The van der Waals surface area contributed by atoms with Gasteiger partial charge in [0.15, 0.2) is 0 Å². The molecule has 4 nitrogen and oxygen atoms in total. The van der Waals surface area contributed by atoms with Crippen LogP contribution in [0.3, 0.4) is 0 Å². The molecule has 28 heavy (non-hydrogen) atoms. The van der Waals surface area contributed by atoms with E-state index in [1.54, 1.807) is 24.3 Å². The summed E-state index contributed by atoms with van der Waals surface area (Å²) < 4.78 is 0. The maximum Gasteiger partial charge on any atom is 0.339 e. The van der Waals surface area contributed by atoms with Crippen LogP contribution in [-0.2, 0) is 12.8 Å².